The summed E-state index contributed by atoms with van der Waals surface area (Å²) in [4.78, 5) is 17.3. The average molecular weight is 419 g/mol. The zero-order chi connectivity index (χ0) is 20.3. The van der Waals surface area contributed by atoms with Crippen molar-refractivity contribution in [3.05, 3.63) is 52.8 Å². The molecule has 1 aromatic heterocycles. The van der Waals surface area contributed by atoms with E-state index in [2.05, 4.69) is 4.99 Å². The van der Waals surface area contributed by atoms with E-state index in [-0.39, 0.29) is 29.4 Å². The molecule has 0 saturated carbocycles. The molecule has 8 heteroatoms. The van der Waals surface area contributed by atoms with Crippen LogP contribution in [-0.4, -0.2) is 31.8 Å². The van der Waals surface area contributed by atoms with Gasteiger partial charge in [-0.05, 0) is 37.1 Å². The quantitative estimate of drug-likeness (QED) is 0.616. The van der Waals surface area contributed by atoms with Gasteiger partial charge in [-0.2, -0.15) is 4.99 Å². The Morgan fingerprint density at radius 1 is 1.18 bits per heavy atom. The number of sulfone groups is 1. The highest BCUT2D eigenvalue weighted by Crippen LogP contribution is 2.29. The fourth-order valence-electron chi connectivity index (χ4n) is 2.94. The number of aromatic nitrogens is 1. The molecule has 0 bridgehead atoms. The second-order valence-corrected chi connectivity index (χ2v) is 9.53. The van der Waals surface area contributed by atoms with Crippen LogP contribution in [0.2, 0.25) is 0 Å². The third-order valence-corrected chi connectivity index (χ3v) is 7.54. The zero-order valence-electron chi connectivity index (χ0n) is 16.0. The molecule has 0 N–H and O–H groups in total. The highest BCUT2D eigenvalue weighted by molar-refractivity contribution is 7.91. The van der Waals surface area contributed by atoms with Gasteiger partial charge in [0.05, 0.1) is 22.5 Å². The summed E-state index contributed by atoms with van der Waals surface area (Å²) >= 11 is 1.42. The number of carbonyl (C=O) groups is 1. The smallest absolute Gasteiger partial charge is 0.248 e. The van der Waals surface area contributed by atoms with Gasteiger partial charge in [-0.1, -0.05) is 35.6 Å². The number of thiazole rings is 1. The maximum absolute atomic E-state index is 12.3. The van der Waals surface area contributed by atoms with E-state index in [1.54, 1.807) is 37.4 Å². The van der Waals surface area contributed by atoms with E-state index in [4.69, 9.17) is 4.74 Å². The van der Waals surface area contributed by atoms with Gasteiger partial charge in [-0.3, -0.25) is 4.79 Å². The maximum Gasteiger partial charge on any atom is 0.248 e. The summed E-state index contributed by atoms with van der Waals surface area (Å²) in [6.45, 7) is 2.00. The van der Waals surface area contributed by atoms with Crippen molar-refractivity contribution in [1.82, 2.24) is 4.57 Å². The second kappa shape index (κ2) is 8.28. The van der Waals surface area contributed by atoms with Crippen LogP contribution in [0.1, 0.15) is 18.4 Å². The Hall–Kier alpha value is -2.45. The number of benzene rings is 2. The Kier molecular flexibility index (Phi) is 6.00. The Morgan fingerprint density at radius 3 is 2.57 bits per heavy atom. The average Bonchev–Trinajstić information content (AvgIpc) is 3.00. The molecule has 3 aromatic rings. The number of carbonyl (C=O) groups excluding carboxylic acids is 1. The lowest BCUT2D eigenvalue weighted by atomic mass is 10.2. The molecule has 0 unspecified atom stereocenters. The summed E-state index contributed by atoms with van der Waals surface area (Å²) in [5.74, 6) is 0.313. The van der Waals surface area contributed by atoms with E-state index in [1.807, 2.05) is 30.7 Å². The van der Waals surface area contributed by atoms with Gasteiger partial charge in [0.1, 0.15) is 11.3 Å². The van der Waals surface area contributed by atoms with Crippen LogP contribution < -0.4 is 9.54 Å². The molecule has 1 heterocycles. The van der Waals surface area contributed by atoms with Crippen LogP contribution in [0, 0.1) is 6.92 Å². The van der Waals surface area contributed by atoms with Crippen LogP contribution in [-0.2, 0) is 21.7 Å². The predicted octanol–water partition coefficient (Wildman–Crippen LogP) is 3.24. The first-order chi connectivity index (χ1) is 13.3. The van der Waals surface area contributed by atoms with Crippen LogP contribution in [0.25, 0.3) is 10.2 Å². The summed E-state index contributed by atoms with van der Waals surface area (Å²) in [5, 5.41) is 0. The normalized spacial score (nSPS) is 12.5. The molecule has 3 rings (SSSR count). The molecule has 0 spiro atoms. The van der Waals surface area contributed by atoms with Gasteiger partial charge in [0.2, 0.25) is 5.91 Å². The maximum atomic E-state index is 12.3. The highest BCUT2D eigenvalue weighted by Gasteiger charge is 2.15. The number of ether oxygens (including phenoxy) is 1. The van der Waals surface area contributed by atoms with Crippen LogP contribution in [0.15, 0.2) is 52.4 Å². The highest BCUT2D eigenvalue weighted by atomic mass is 32.2. The van der Waals surface area contributed by atoms with Crippen LogP contribution in [0.5, 0.6) is 5.75 Å². The second-order valence-electron chi connectivity index (χ2n) is 6.45. The molecular weight excluding hydrogens is 396 g/mol. The molecule has 2 aromatic carbocycles. The largest absolute Gasteiger partial charge is 0.495 e. The third kappa shape index (κ3) is 4.18. The molecule has 6 nitrogen and oxygen atoms in total. The summed E-state index contributed by atoms with van der Waals surface area (Å²) in [7, 11) is 0.0630. The predicted molar refractivity (Wildman–Crippen MR) is 110 cm³/mol. The summed E-state index contributed by atoms with van der Waals surface area (Å²) in [6.07, 6.45) is 0.312. The molecule has 0 fully saturated rings. The van der Waals surface area contributed by atoms with Crippen molar-refractivity contribution in [2.45, 2.75) is 24.7 Å². The van der Waals surface area contributed by atoms with Gasteiger partial charge < -0.3 is 9.30 Å². The van der Waals surface area contributed by atoms with E-state index in [1.165, 1.54) is 11.3 Å². The van der Waals surface area contributed by atoms with Crippen molar-refractivity contribution in [3.63, 3.8) is 0 Å². The lowest BCUT2D eigenvalue weighted by Crippen LogP contribution is -2.14. The standard InChI is InChI=1S/C20H22N2O4S2/c1-14-11-12-16(26-3)18-19(14)27-20(22(18)2)21-17(23)10-7-13-28(24,25)15-8-5-4-6-9-15/h4-6,8-9,11-12H,7,10,13H2,1-3H3. The molecule has 0 aliphatic carbocycles. The van der Waals surface area contributed by atoms with Gasteiger partial charge in [-0.25, -0.2) is 8.42 Å². The van der Waals surface area contributed by atoms with Crippen molar-refractivity contribution < 1.29 is 17.9 Å². The molecule has 0 atom stereocenters. The fraction of sp³-hybridized carbons (Fsp3) is 0.300. The van der Waals surface area contributed by atoms with E-state index in [9.17, 15) is 13.2 Å². The fourth-order valence-corrected chi connectivity index (χ4v) is 5.39. The van der Waals surface area contributed by atoms with E-state index in [0.717, 1.165) is 21.5 Å². The summed E-state index contributed by atoms with van der Waals surface area (Å²) < 4.78 is 32.9. The number of methoxy groups -OCH3 is 1. The Morgan fingerprint density at radius 2 is 1.89 bits per heavy atom. The van der Waals surface area contributed by atoms with Gasteiger partial charge in [0.15, 0.2) is 14.6 Å². The van der Waals surface area contributed by atoms with E-state index < -0.39 is 9.84 Å². The minimum atomic E-state index is -3.39. The third-order valence-electron chi connectivity index (χ3n) is 4.45. The number of nitrogens with zero attached hydrogens (tertiary/aromatic N) is 2. The van der Waals surface area contributed by atoms with Gasteiger partial charge in [-0.15, -0.1) is 0 Å². The lowest BCUT2D eigenvalue weighted by Gasteiger charge is -2.05. The van der Waals surface area contributed by atoms with Crippen LogP contribution >= 0.6 is 11.3 Å². The van der Waals surface area contributed by atoms with Crippen LogP contribution in [0.4, 0.5) is 0 Å². The minimum absolute atomic E-state index is 0.0796. The molecule has 0 radical (unpaired) electrons. The van der Waals surface area contributed by atoms with Gasteiger partial charge >= 0.3 is 0 Å². The first-order valence-corrected chi connectivity index (χ1v) is 11.3. The SMILES string of the molecule is COc1ccc(C)c2sc(=NC(=O)CCCS(=O)(=O)c3ccccc3)n(C)c12. The first-order valence-electron chi connectivity index (χ1n) is 8.82. The topological polar surface area (TPSA) is 77.7 Å². The van der Waals surface area contributed by atoms with Gasteiger partial charge in [0.25, 0.3) is 0 Å². The molecule has 148 valence electrons. The molecule has 0 aliphatic heterocycles. The monoisotopic (exact) mass is 418 g/mol. The van der Waals surface area contributed by atoms with Crippen molar-refractivity contribution in [3.8, 4) is 5.75 Å². The van der Waals surface area contributed by atoms with Crippen molar-refractivity contribution in [2.75, 3.05) is 12.9 Å². The molecule has 0 aliphatic rings. The van der Waals surface area contributed by atoms with Gasteiger partial charge in [0, 0.05) is 13.5 Å². The van der Waals surface area contributed by atoms with Crippen molar-refractivity contribution in [1.29, 1.82) is 0 Å². The zero-order valence-corrected chi connectivity index (χ0v) is 17.6. The molecule has 1 amide bonds. The first kappa shape index (κ1) is 20.3. The Bertz CT molecular complexity index is 1180. The minimum Gasteiger partial charge on any atom is -0.495 e. The van der Waals surface area contributed by atoms with Crippen molar-refractivity contribution >= 4 is 37.3 Å². The number of fused-ring (bicyclic) bond motifs is 1. The Labute approximate surface area is 168 Å². The number of rotatable bonds is 6. The number of aryl methyl sites for hydroxylation is 2. The summed E-state index contributed by atoms with van der Waals surface area (Å²) in [5.41, 5.74) is 1.98. The summed E-state index contributed by atoms with van der Waals surface area (Å²) in [6, 6.07) is 12.1. The van der Waals surface area contributed by atoms with E-state index >= 15 is 0 Å². The number of amides is 1. The number of hydrogen-bond acceptors (Lipinski definition) is 5. The van der Waals surface area contributed by atoms with Crippen LogP contribution in [0.3, 0.4) is 0 Å². The molecule has 0 saturated heterocycles. The molecule has 28 heavy (non-hydrogen) atoms. The Balaban J connectivity index is 1.77. The van der Waals surface area contributed by atoms with Crippen molar-refractivity contribution in [2.24, 2.45) is 12.0 Å². The van der Waals surface area contributed by atoms with E-state index in [0.29, 0.717) is 4.80 Å². The molecular formula is C20H22N2O4S2. The lowest BCUT2D eigenvalue weighted by molar-refractivity contribution is -0.118. The number of hydrogen-bond donors (Lipinski definition) is 0.